The number of aromatic nitrogens is 2. The Morgan fingerprint density at radius 1 is 1.04 bits per heavy atom. The van der Waals surface area contributed by atoms with Crippen LogP contribution in [0.3, 0.4) is 0 Å². The number of aryl methyl sites for hydroxylation is 1. The Hall–Kier alpha value is -3.34. The van der Waals surface area contributed by atoms with E-state index in [-0.39, 0.29) is 5.82 Å². The van der Waals surface area contributed by atoms with Crippen LogP contribution in [0.25, 0.3) is 22.2 Å². The van der Waals surface area contributed by atoms with Gasteiger partial charge in [-0.15, -0.1) is 0 Å². The largest absolute Gasteiger partial charge is 0.497 e. The highest BCUT2D eigenvalue weighted by Gasteiger charge is 2.12. The summed E-state index contributed by atoms with van der Waals surface area (Å²) in [6.45, 7) is 0. The first-order chi connectivity index (χ1) is 12.7. The monoisotopic (exact) mass is 347 g/mol. The molecule has 0 saturated carbocycles. The van der Waals surface area contributed by atoms with E-state index in [4.69, 9.17) is 4.74 Å². The number of fused-ring (bicyclic) bond motifs is 1. The Bertz CT molecular complexity index is 1070. The molecule has 26 heavy (non-hydrogen) atoms. The van der Waals surface area contributed by atoms with Crippen LogP contribution in [0.2, 0.25) is 0 Å². The molecule has 0 aliphatic rings. The van der Waals surface area contributed by atoms with Gasteiger partial charge in [0, 0.05) is 35.6 Å². The number of benzene rings is 2. The lowest BCUT2D eigenvalue weighted by molar-refractivity contribution is 0.415. The van der Waals surface area contributed by atoms with E-state index in [0.717, 1.165) is 39.4 Å². The lowest BCUT2D eigenvalue weighted by Gasteiger charge is -2.07. The quantitative estimate of drug-likeness (QED) is 0.556. The Morgan fingerprint density at radius 3 is 2.62 bits per heavy atom. The fourth-order valence-electron chi connectivity index (χ4n) is 3.09. The second kappa shape index (κ2) is 6.52. The number of hydrogen-bond acceptors (Lipinski definition) is 3. The lowest BCUT2D eigenvalue weighted by Crippen LogP contribution is -1.95. The summed E-state index contributed by atoms with van der Waals surface area (Å²) in [5.41, 5.74) is 3.98. The molecular weight excluding hydrogens is 329 g/mol. The van der Waals surface area contributed by atoms with Crippen LogP contribution in [-0.2, 0) is 7.05 Å². The number of ether oxygens (including phenoxy) is 1. The van der Waals surface area contributed by atoms with Crippen LogP contribution in [0, 0.1) is 5.82 Å². The standard InChI is InChI=1S/C21H18FN3O/c1-25-19-10-11-23-21(24-16-8-6-15(22)7-9-16)18(19)13-20(25)14-4-3-5-17(12-14)26-2/h3-13H,1-2H3,(H,23,24). The fourth-order valence-corrected chi connectivity index (χ4v) is 3.09. The number of halogens is 1. The average molecular weight is 347 g/mol. The topological polar surface area (TPSA) is 39.1 Å². The van der Waals surface area contributed by atoms with Crippen molar-refractivity contribution in [2.45, 2.75) is 0 Å². The molecule has 0 amide bonds. The van der Waals surface area contributed by atoms with Gasteiger partial charge in [0.2, 0.25) is 0 Å². The van der Waals surface area contributed by atoms with Gasteiger partial charge in [-0.25, -0.2) is 9.37 Å². The summed E-state index contributed by atoms with van der Waals surface area (Å²) in [6, 6.07) is 18.3. The fraction of sp³-hybridized carbons (Fsp3) is 0.0952. The SMILES string of the molecule is COc1cccc(-c2cc3c(Nc4ccc(F)cc4)nccc3n2C)c1. The van der Waals surface area contributed by atoms with E-state index in [1.807, 2.05) is 31.3 Å². The van der Waals surface area contributed by atoms with Gasteiger partial charge in [-0.3, -0.25) is 0 Å². The van der Waals surface area contributed by atoms with E-state index < -0.39 is 0 Å². The second-order valence-electron chi connectivity index (χ2n) is 6.04. The Kier molecular flexibility index (Phi) is 4.05. The molecule has 0 atom stereocenters. The van der Waals surface area contributed by atoms with Crippen molar-refractivity contribution in [1.29, 1.82) is 0 Å². The van der Waals surface area contributed by atoms with Crippen LogP contribution in [0.15, 0.2) is 66.9 Å². The minimum absolute atomic E-state index is 0.262. The van der Waals surface area contributed by atoms with Crippen LogP contribution in [-0.4, -0.2) is 16.7 Å². The summed E-state index contributed by atoms with van der Waals surface area (Å²) < 4.78 is 20.6. The van der Waals surface area contributed by atoms with Crippen molar-refractivity contribution >= 4 is 22.4 Å². The maximum atomic E-state index is 13.1. The molecule has 0 spiro atoms. The van der Waals surface area contributed by atoms with Gasteiger partial charge in [-0.05, 0) is 48.5 Å². The number of nitrogens with one attached hydrogen (secondary N) is 1. The molecule has 0 fully saturated rings. The molecule has 4 rings (SSSR count). The summed E-state index contributed by atoms with van der Waals surface area (Å²) in [7, 11) is 3.69. The third-order valence-electron chi connectivity index (χ3n) is 4.44. The van der Waals surface area contributed by atoms with E-state index in [1.165, 1.54) is 12.1 Å². The first kappa shape index (κ1) is 16.1. The van der Waals surface area contributed by atoms with Gasteiger partial charge in [0.25, 0.3) is 0 Å². The Balaban J connectivity index is 1.80. The highest BCUT2D eigenvalue weighted by Crippen LogP contribution is 2.33. The normalized spacial score (nSPS) is 10.9. The van der Waals surface area contributed by atoms with E-state index in [0.29, 0.717) is 0 Å². The molecule has 0 saturated heterocycles. The number of anilines is 2. The van der Waals surface area contributed by atoms with Gasteiger partial charge in [0.05, 0.1) is 12.6 Å². The molecule has 0 radical (unpaired) electrons. The molecule has 0 aliphatic heterocycles. The van der Waals surface area contributed by atoms with Crippen molar-refractivity contribution in [2.24, 2.45) is 7.05 Å². The minimum atomic E-state index is -0.262. The van der Waals surface area contributed by atoms with Gasteiger partial charge in [-0.1, -0.05) is 12.1 Å². The average Bonchev–Trinajstić information content (AvgIpc) is 3.02. The van der Waals surface area contributed by atoms with Crippen molar-refractivity contribution in [1.82, 2.24) is 9.55 Å². The van der Waals surface area contributed by atoms with Crippen LogP contribution >= 0.6 is 0 Å². The summed E-state index contributed by atoms with van der Waals surface area (Å²) in [5.74, 6) is 1.29. The van der Waals surface area contributed by atoms with Crippen molar-refractivity contribution in [2.75, 3.05) is 12.4 Å². The number of methoxy groups -OCH3 is 1. The third kappa shape index (κ3) is 2.88. The first-order valence-electron chi connectivity index (χ1n) is 8.27. The molecule has 0 bridgehead atoms. The van der Waals surface area contributed by atoms with Crippen molar-refractivity contribution in [3.05, 3.63) is 72.7 Å². The summed E-state index contributed by atoms with van der Waals surface area (Å²) in [5, 5.41) is 4.27. The van der Waals surface area contributed by atoms with Gasteiger partial charge in [0.15, 0.2) is 0 Å². The molecule has 2 aromatic heterocycles. The van der Waals surface area contributed by atoms with E-state index in [9.17, 15) is 4.39 Å². The number of pyridine rings is 1. The first-order valence-corrected chi connectivity index (χ1v) is 8.27. The van der Waals surface area contributed by atoms with Crippen molar-refractivity contribution < 1.29 is 9.13 Å². The van der Waals surface area contributed by atoms with Crippen molar-refractivity contribution in [3.63, 3.8) is 0 Å². The number of nitrogens with zero attached hydrogens (tertiary/aromatic N) is 2. The molecule has 0 aliphatic carbocycles. The molecular formula is C21H18FN3O. The van der Waals surface area contributed by atoms with Gasteiger partial charge in [-0.2, -0.15) is 0 Å². The zero-order chi connectivity index (χ0) is 18.1. The molecule has 0 unspecified atom stereocenters. The predicted octanol–water partition coefficient (Wildman–Crippen LogP) is 5.13. The van der Waals surface area contributed by atoms with Crippen molar-refractivity contribution in [3.8, 4) is 17.0 Å². The molecule has 1 N–H and O–H groups in total. The highest BCUT2D eigenvalue weighted by atomic mass is 19.1. The van der Waals surface area contributed by atoms with E-state index >= 15 is 0 Å². The Morgan fingerprint density at radius 2 is 1.85 bits per heavy atom. The van der Waals surface area contributed by atoms with Crippen LogP contribution in [0.4, 0.5) is 15.9 Å². The molecule has 2 heterocycles. The maximum Gasteiger partial charge on any atom is 0.139 e. The van der Waals surface area contributed by atoms with E-state index in [1.54, 1.807) is 25.4 Å². The molecule has 2 aromatic carbocycles. The molecule has 4 nitrogen and oxygen atoms in total. The summed E-state index contributed by atoms with van der Waals surface area (Å²) in [4.78, 5) is 4.46. The summed E-state index contributed by atoms with van der Waals surface area (Å²) in [6.07, 6.45) is 1.77. The second-order valence-corrected chi connectivity index (χ2v) is 6.04. The van der Waals surface area contributed by atoms with Gasteiger partial charge in [0.1, 0.15) is 17.4 Å². The minimum Gasteiger partial charge on any atom is -0.497 e. The van der Waals surface area contributed by atoms with Crippen LogP contribution < -0.4 is 10.1 Å². The highest BCUT2D eigenvalue weighted by molar-refractivity contribution is 5.96. The zero-order valence-corrected chi connectivity index (χ0v) is 14.5. The zero-order valence-electron chi connectivity index (χ0n) is 14.5. The Labute approximate surface area is 150 Å². The predicted molar refractivity (Wildman–Crippen MR) is 102 cm³/mol. The molecule has 4 aromatic rings. The molecule has 130 valence electrons. The lowest BCUT2D eigenvalue weighted by atomic mass is 10.1. The van der Waals surface area contributed by atoms with Crippen LogP contribution in [0.5, 0.6) is 5.75 Å². The third-order valence-corrected chi connectivity index (χ3v) is 4.44. The van der Waals surface area contributed by atoms with Crippen LogP contribution in [0.1, 0.15) is 0 Å². The van der Waals surface area contributed by atoms with Gasteiger partial charge >= 0.3 is 0 Å². The smallest absolute Gasteiger partial charge is 0.139 e. The molecule has 5 heteroatoms. The van der Waals surface area contributed by atoms with Gasteiger partial charge < -0.3 is 14.6 Å². The number of hydrogen-bond donors (Lipinski definition) is 1. The summed E-state index contributed by atoms with van der Waals surface area (Å²) >= 11 is 0. The maximum absolute atomic E-state index is 13.1. The van der Waals surface area contributed by atoms with E-state index in [2.05, 4.69) is 27.0 Å². The number of rotatable bonds is 4.